The molecule has 0 fully saturated rings. The second-order valence-corrected chi connectivity index (χ2v) is 3.51. The maximum atomic E-state index is 11.3. The first-order valence-corrected chi connectivity index (χ1v) is 4.68. The molecule has 0 N–H and O–H groups in total. The normalized spacial score (nSPS) is 15.5. The Labute approximate surface area is 84.2 Å². The Morgan fingerprint density at radius 3 is 2.77 bits per heavy atom. The number of amides is 1. The fraction of sp³-hybridized carbons (Fsp3) is 0.111. The number of hydrogen-bond acceptors (Lipinski definition) is 2. The molecule has 13 heavy (non-hydrogen) atoms. The molecule has 1 heterocycles. The topological polar surface area (TPSA) is 32.7 Å². The lowest BCUT2D eigenvalue weighted by atomic mass is 10.3. The first-order chi connectivity index (χ1) is 6.29. The number of halogens is 1. The summed E-state index contributed by atoms with van der Waals surface area (Å²) in [5, 5.41) is 5.38. The maximum Gasteiger partial charge on any atom is 0.252 e. The van der Waals surface area contributed by atoms with Gasteiger partial charge in [-0.1, -0.05) is 12.1 Å². The Morgan fingerprint density at radius 1 is 1.38 bits per heavy atom. The summed E-state index contributed by atoms with van der Waals surface area (Å²) in [6, 6.07) is 7.51. The lowest BCUT2D eigenvalue weighted by Gasteiger charge is -2.12. The zero-order valence-electron chi connectivity index (χ0n) is 6.77. The Hall–Kier alpha value is -1.16. The lowest BCUT2D eigenvalue weighted by Crippen LogP contribution is -2.19. The van der Waals surface area contributed by atoms with Crippen LogP contribution in [0.1, 0.15) is 6.42 Å². The van der Waals surface area contributed by atoms with E-state index in [2.05, 4.69) is 21.0 Å². The van der Waals surface area contributed by atoms with E-state index >= 15 is 0 Å². The molecule has 66 valence electrons. The molecule has 0 atom stereocenters. The van der Waals surface area contributed by atoms with E-state index in [9.17, 15) is 4.79 Å². The van der Waals surface area contributed by atoms with Crippen molar-refractivity contribution in [1.82, 2.24) is 0 Å². The molecule has 1 aromatic carbocycles. The first-order valence-electron chi connectivity index (χ1n) is 3.89. The number of benzene rings is 1. The molecule has 0 aromatic heterocycles. The van der Waals surface area contributed by atoms with Crippen LogP contribution in [0.15, 0.2) is 33.8 Å². The Balaban J connectivity index is 2.40. The molecule has 1 amide bonds. The smallest absolute Gasteiger partial charge is 0.252 e. The van der Waals surface area contributed by atoms with E-state index in [4.69, 9.17) is 0 Å². The van der Waals surface area contributed by atoms with Crippen molar-refractivity contribution >= 4 is 33.7 Å². The number of carbonyl (C=O) groups is 1. The van der Waals surface area contributed by atoms with Gasteiger partial charge in [0, 0.05) is 10.7 Å². The molecule has 4 heteroatoms. The number of anilines is 1. The number of rotatable bonds is 1. The minimum atomic E-state index is 0.00639. The van der Waals surface area contributed by atoms with E-state index < -0.39 is 0 Å². The fourth-order valence-electron chi connectivity index (χ4n) is 1.17. The summed E-state index contributed by atoms with van der Waals surface area (Å²) in [4.78, 5) is 11.3. The van der Waals surface area contributed by atoms with Gasteiger partial charge in [0.05, 0.1) is 12.1 Å². The van der Waals surface area contributed by atoms with Crippen LogP contribution in [0.2, 0.25) is 0 Å². The minimum absolute atomic E-state index is 0.00639. The standard InChI is InChI=1S/C9H7BrN2O/c10-7-3-1-2-4-8(7)12-9(13)5-6-11-12/h1-4,6H,5H2. The van der Waals surface area contributed by atoms with Crippen LogP contribution in [0.3, 0.4) is 0 Å². The van der Waals surface area contributed by atoms with Crippen LogP contribution in [0.25, 0.3) is 0 Å². The predicted molar refractivity (Wildman–Crippen MR) is 54.7 cm³/mol. The monoisotopic (exact) mass is 238 g/mol. The van der Waals surface area contributed by atoms with Gasteiger partial charge >= 0.3 is 0 Å². The summed E-state index contributed by atoms with van der Waals surface area (Å²) in [5.41, 5.74) is 0.793. The summed E-state index contributed by atoms with van der Waals surface area (Å²) in [5.74, 6) is 0.00639. The Morgan fingerprint density at radius 2 is 2.15 bits per heavy atom. The highest BCUT2D eigenvalue weighted by molar-refractivity contribution is 9.10. The summed E-state index contributed by atoms with van der Waals surface area (Å²) in [6.07, 6.45) is 2.00. The molecule has 0 saturated carbocycles. The minimum Gasteiger partial charge on any atom is -0.272 e. The van der Waals surface area contributed by atoms with Crippen molar-refractivity contribution < 1.29 is 4.79 Å². The zero-order valence-corrected chi connectivity index (χ0v) is 8.36. The summed E-state index contributed by atoms with van der Waals surface area (Å²) >= 11 is 3.37. The molecule has 0 aliphatic carbocycles. The van der Waals surface area contributed by atoms with Gasteiger partial charge in [0.25, 0.3) is 5.91 Å². The third-order valence-corrected chi connectivity index (χ3v) is 2.45. The molecule has 0 saturated heterocycles. The van der Waals surface area contributed by atoms with E-state index in [1.807, 2.05) is 24.3 Å². The van der Waals surface area contributed by atoms with E-state index in [-0.39, 0.29) is 5.91 Å². The van der Waals surface area contributed by atoms with Gasteiger partial charge in [0.2, 0.25) is 0 Å². The number of nitrogens with zero attached hydrogens (tertiary/aromatic N) is 2. The molecule has 1 aromatic rings. The fourth-order valence-corrected chi connectivity index (χ4v) is 1.62. The Bertz CT molecular complexity index is 376. The summed E-state index contributed by atoms with van der Waals surface area (Å²) in [7, 11) is 0. The second kappa shape index (κ2) is 3.30. The Kier molecular flexibility index (Phi) is 2.14. The van der Waals surface area contributed by atoms with Gasteiger partial charge in [-0.15, -0.1) is 0 Å². The number of carbonyl (C=O) groups excluding carboxylic acids is 1. The largest absolute Gasteiger partial charge is 0.272 e. The van der Waals surface area contributed by atoms with Gasteiger partial charge in [-0.2, -0.15) is 10.1 Å². The van der Waals surface area contributed by atoms with Crippen LogP contribution < -0.4 is 5.01 Å². The molecule has 0 spiro atoms. The molecule has 0 unspecified atom stereocenters. The van der Waals surface area contributed by atoms with Gasteiger partial charge in [-0.25, -0.2) is 0 Å². The molecular weight excluding hydrogens is 232 g/mol. The molecule has 2 rings (SSSR count). The van der Waals surface area contributed by atoms with Gasteiger partial charge in [0.1, 0.15) is 0 Å². The molecule has 0 radical (unpaired) electrons. The van der Waals surface area contributed by atoms with Crippen LogP contribution in [-0.2, 0) is 4.79 Å². The van der Waals surface area contributed by atoms with E-state index in [1.165, 1.54) is 5.01 Å². The number of hydrazone groups is 1. The SMILES string of the molecule is O=C1CC=NN1c1ccccc1Br. The van der Waals surface area contributed by atoms with Crippen LogP contribution in [0.4, 0.5) is 5.69 Å². The highest BCUT2D eigenvalue weighted by atomic mass is 79.9. The van der Waals surface area contributed by atoms with Crippen molar-refractivity contribution in [3.05, 3.63) is 28.7 Å². The van der Waals surface area contributed by atoms with E-state index in [0.29, 0.717) is 6.42 Å². The van der Waals surface area contributed by atoms with Crippen molar-refractivity contribution in [3.8, 4) is 0 Å². The number of hydrogen-bond donors (Lipinski definition) is 0. The van der Waals surface area contributed by atoms with Crippen molar-refractivity contribution in [3.63, 3.8) is 0 Å². The van der Waals surface area contributed by atoms with Gasteiger partial charge < -0.3 is 0 Å². The van der Waals surface area contributed by atoms with Gasteiger partial charge in [-0.05, 0) is 28.1 Å². The quantitative estimate of drug-likeness (QED) is 0.739. The highest BCUT2D eigenvalue weighted by Crippen LogP contribution is 2.27. The lowest BCUT2D eigenvalue weighted by molar-refractivity contribution is -0.116. The summed E-state index contributed by atoms with van der Waals surface area (Å²) < 4.78 is 0.877. The zero-order chi connectivity index (χ0) is 9.26. The molecular formula is C9H7BrN2O. The van der Waals surface area contributed by atoms with Crippen molar-refractivity contribution in [2.75, 3.05) is 5.01 Å². The van der Waals surface area contributed by atoms with Gasteiger partial charge in [0.15, 0.2) is 0 Å². The predicted octanol–water partition coefficient (Wildman–Crippen LogP) is 2.17. The van der Waals surface area contributed by atoms with Crippen molar-refractivity contribution in [1.29, 1.82) is 0 Å². The van der Waals surface area contributed by atoms with Crippen LogP contribution in [0.5, 0.6) is 0 Å². The van der Waals surface area contributed by atoms with Gasteiger partial charge in [-0.3, -0.25) is 4.79 Å². The van der Waals surface area contributed by atoms with Crippen LogP contribution in [0, 0.1) is 0 Å². The average Bonchev–Trinajstić information content (AvgIpc) is 2.52. The van der Waals surface area contributed by atoms with E-state index in [1.54, 1.807) is 6.21 Å². The first kappa shape index (κ1) is 8.44. The molecule has 3 nitrogen and oxygen atoms in total. The van der Waals surface area contributed by atoms with Crippen LogP contribution >= 0.6 is 15.9 Å². The third kappa shape index (κ3) is 1.49. The third-order valence-electron chi connectivity index (χ3n) is 1.78. The average molecular weight is 239 g/mol. The van der Waals surface area contributed by atoms with Crippen molar-refractivity contribution in [2.45, 2.75) is 6.42 Å². The second-order valence-electron chi connectivity index (χ2n) is 2.66. The highest BCUT2D eigenvalue weighted by Gasteiger charge is 2.19. The molecule has 1 aliphatic heterocycles. The number of para-hydroxylation sites is 1. The van der Waals surface area contributed by atoms with E-state index in [0.717, 1.165) is 10.2 Å². The maximum absolute atomic E-state index is 11.3. The van der Waals surface area contributed by atoms with Crippen molar-refractivity contribution in [2.24, 2.45) is 5.10 Å². The van der Waals surface area contributed by atoms with Crippen LogP contribution in [-0.4, -0.2) is 12.1 Å². The molecule has 1 aliphatic rings. The molecule has 0 bridgehead atoms. The summed E-state index contributed by atoms with van der Waals surface area (Å²) in [6.45, 7) is 0.